The van der Waals surface area contributed by atoms with Crippen LogP contribution in [0.2, 0.25) is 0 Å². The van der Waals surface area contributed by atoms with E-state index in [9.17, 15) is 0 Å². The minimum absolute atomic E-state index is 0.254. The molecule has 102 valence electrons. The van der Waals surface area contributed by atoms with E-state index in [0.29, 0.717) is 12.5 Å². The van der Waals surface area contributed by atoms with Crippen LogP contribution < -0.4 is 10.6 Å². The number of hydrogen-bond acceptors (Lipinski definition) is 5. The van der Waals surface area contributed by atoms with Gasteiger partial charge < -0.3 is 15.4 Å². The maximum atomic E-state index is 5.21. The predicted octanol–water partition coefficient (Wildman–Crippen LogP) is 2.38. The van der Waals surface area contributed by atoms with Gasteiger partial charge in [-0.25, -0.2) is 9.97 Å². The van der Waals surface area contributed by atoms with Gasteiger partial charge in [0.2, 0.25) is 0 Å². The average molecular weight is 252 g/mol. The molecule has 0 amide bonds. The van der Waals surface area contributed by atoms with Gasteiger partial charge in [0.25, 0.3) is 0 Å². The van der Waals surface area contributed by atoms with E-state index in [4.69, 9.17) is 4.74 Å². The lowest BCUT2D eigenvalue weighted by Crippen LogP contribution is -2.30. The molecule has 0 aromatic carbocycles. The van der Waals surface area contributed by atoms with Crippen molar-refractivity contribution in [3.63, 3.8) is 0 Å². The summed E-state index contributed by atoms with van der Waals surface area (Å²) in [7, 11) is 1.71. The van der Waals surface area contributed by atoms with Crippen LogP contribution in [0, 0.1) is 5.92 Å². The van der Waals surface area contributed by atoms with E-state index in [0.717, 1.165) is 24.6 Å². The van der Waals surface area contributed by atoms with E-state index >= 15 is 0 Å². The molecule has 5 nitrogen and oxygen atoms in total. The van der Waals surface area contributed by atoms with Gasteiger partial charge in [-0.1, -0.05) is 20.8 Å². The van der Waals surface area contributed by atoms with Gasteiger partial charge in [-0.3, -0.25) is 0 Å². The fraction of sp³-hybridized carbons (Fsp3) is 0.692. The van der Waals surface area contributed by atoms with Crippen molar-refractivity contribution in [2.24, 2.45) is 5.92 Å². The molecule has 0 aliphatic rings. The molecule has 1 rings (SSSR count). The van der Waals surface area contributed by atoms with Gasteiger partial charge in [0.05, 0.1) is 12.6 Å². The molecule has 0 bridgehead atoms. The first-order chi connectivity index (χ1) is 8.67. The molecule has 0 saturated carbocycles. The molecule has 0 spiro atoms. The normalized spacial score (nSPS) is 12.5. The molecular weight excluding hydrogens is 228 g/mol. The first kappa shape index (κ1) is 14.7. The summed E-state index contributed by atoms with van der Waals surface area (Å²) in [6, 6.07) is 2.18. The van der Waals surface area contributed by atoms with Gasteiger partial charge in [-0.05, 0) is 12.3 Å². The molecule has 1 unspecified atom stereocenters. The van der Waals surface area contributed by atoms with Crippen LogP contribution in [-0.2, 0) is 4.74 Å². The first-order valence-electron chi connectivity index (χ1n) is 6.48. The lowest BCUT2D eigenvalue weighted by molar-refractivity contribution is 0.171. The SMILES string of the molecule is CCCNc1cc(NC(COC)C(C)C)ncn1. The highest BCUT2D eigenvalue weighted by Gasteiger charge is 2.13. The number of nitrogens with one attached hydrogen (secondary N) is 2. The van der Waals surface area contributed by atoms with E-state index < -0.39 is 0 Å². The summed E-state index contributed by atoms with van der Waals surface area (Å²) in [5.74, 6) is 2.17. The number of hydrogen-bond donors (Lipinski definition) is 2. The van der Waals surface area contributed by atoms with Crippen LogP contribution in [0.15, 0.2) is 12.4 Å². The van der Waals surface area contributed by atoms with Crippen LogP contribution in [0.5, 0.6) is 0 Å². The van der Waals surface area contributed by atoms with Crippen molar-refractivity contribution in [1.29, 1.82) is 0 Å². The van der Waals surface area contributed by atoms with Gasteiger partial charge >= 0.3 is 0 Å². The second-order valence-electron chi connectivity index (χ2n) is 4.67. The van der Waals surface area contributed by atoms with Crippen LogP contribution in [0.1, 0.15) is 27.2 Å². The largest absolute Gasteiger partial charge is 0.383 e. The molecule has 2 N–H and O–H groups in total. The number of rotatable bonds is 8. The third-order valence-electron chi connectivity index (χ3n) is 2.71. The third-order valence-corrected chi connectivity index (χ3v) is 2.71. The summed E-state index contributed by atoms with van der Waals surface area (Å²) in [5, 5.41) is 6.63. The van der Waals surface area contributed by atoms with Gasteiger partial charge in [-0.2, -0.15) is 0 Å². The van der Waals surface area contributed by atoms with Gasteiger partial charge in [0.1, 0.15) is 18.0 Å². The van der Waals surface area contributed by atoms with Crippen LogP contribution >= 0.6 is 0 Å². The monoisotopic (exact) mass is 252 g/mol. The van der Waals surface area contributed by atoms with Crippen molar-refractivity contribution in [2.45, 2.75) is 33.2 Å². The Bertz CT molecular complexity index is 344. The van der Waals surface area contributed by atoms with Crippen LogP contribution in [0.3, 0.4) is 0 Å². The molecule has 1 aromatic heterocycles. The molecular formula is C13H24N4O. The fourth-order valence-corrected chi connectivity index (χ4v) is 1.56. The Hall–Kier alpha value is -1.36. The van der Waals surface area contributed by atoms with E-state index in [1.54, 1.807) is 13.4 Å². The highest BCUT2D eigenvalue weighted by molar-refractivity contribution is 5.46. The molecule has 0 saturated heterocycles. The smallest absolute Gasteiger partial charge is 0.131 e. The summed E-state index contributed by atoms with van der Waals surface area (Å²) in [6.07, 6.45) is 2.65. The molecule has 18 heavy (non-hydrogen) atoms. The van der Waals surface area contributed by atoms with Gasteiger partial charge in [-0.15, -0.1) is 0 Å². The molecule has 1 atom stereocenters. The number of methoxy groups -OCH3 is 1. The van der Waals surface area contributed by atoms with Crippen molar-refractivity contribution >= 4 is 11.6 Å². The molecule has 5 heteroatoms. The summed E-state index contributed by atoms with van der Waals surface area (Å²) >= 11 is 0. The zero-order valence-corrected chi connectivity index (χ0v) is 11.7. The van der Waals surface area contributed by atoms with Gasteiger partial charge in [0, 0.05) is 19.7 Å². The maximum Gasteiger partial charge on any atom is 0.131 e. The zero-order chi connectivity index (χ0) is 13.4. The minimum atomic E-state index is 0.254. The van der Waals surface area contributed by atoms with Crippen molar-refractivity contribution < 1.29 is 4.74 Å². The standard InChI is InChI=1S/C13H24N4O/c1-5-6-14-12-7-13(16-9-15-12)17-11(8-18-4)10(2)3/h7,9-11H,5-6,8H2,1-4H3,(H2,14,15,16,17). The minimum Gasteiger partial charge on any atom is -0.383 e. The van der Waals surface area contributed by atoms with Crippen LogP contribution in [0.25, 0.3) is 0 Å². The summed E-state index contributed by atoms with van der Waals surface area (Å²) < 4.78 is 5.21. The molecule has 1 aromatic rings. The fourth-order valence-electron chi connectivity index (χ4n) is 1.56. The van der Waals surface area contributed by atoms with Crippen molar-refractivity contribution in [3.8, 4) is 0 Å². The second kappa shape index (κ2) is 7.87. The van der Waals surface area contributed by atoms with Crippen molar-refractivity contribution in [2.75, 3.05) is 30.9 Å². The number of anilines is 2. The van der Waals surface area contributed by atoms with E-state index in [1.165, 1.54) is 0 Å². The maximum absolute atomic E-state index is 5.21. The summed E-state index contributed by atoms with van der Waals surface area (Å²) in [6.45, 7) is 8.03. The lowest BCUT2D eigenvalue weighted by atomic mass is 10.1. The Labute approximate surface area is 109 Å². The number of ether oxygens (including phenoxy) is 1. The Balaban J connectivity index is 2.64. The van der Waals surface area contributed by atoms with Crippen LogP contribution in [0.4, 0.5) is 11.6 Å². The molecule has 0 fully saturated rings. The van der Waals surface area contributed by atoms with Crippen LogP contribution in [-0.4, -0.2) is 36.3 Å². The number of nitrogens with zero attached hydrogens (tertiary/aromatic N) is 2. The number of aromatic nitrogens is 2. The Morgan fingerprint density at radius 3 is 2.61 bits per heavy atom. The highest BCUT2D eigenvalue weighted by Crippen LogP contribution is 2.13. The van der Waals surface area contributed by atoms with E-state index in [2.05, 4.69) is 41.4 Å². The molecule has 0 aliphatic heterocycles. The third kappa shape index (κ3) is 4.87. The average Bonchev–Trinajstić information content (AvgIpc) is 2.36. The topological polar surface area (TPSA) is 59.1 Å². The quantitative estimate of drug-likeness (QED) is 0.744. The van der Waals surface area contributed by atoms with Crippen molar-refractivity contribution in [3.05, 3.63) is 12.4 Å². The van der Waals surface area contributed by atoms with Crippen molar-refractivity contribution in [1.82, 2.24) is 9.97 Å². The van der Waals surface area contributed by atoms with E-state index in [1.807, 2.05) is 6.07 Å². The highest BCUT2D eigenvalue weighted by atomic mass is 16.5. The lowest BCUT2D eigenvalue weighted by Gasteiger charge is -2.22. The Morgan fingerprint density at radius 1 is 1.28 bits per heavy atom. The molecule has 0 aliphatic carbocycles. The molecule has 1 heterocycles. The van der Waals surface area contributed by atoms with E-state index in [-0.39, 0.29) is 6.04 Å². The summed E-state index contributed by atoms with van der Waals surface area (Å²) in [5.41, 5.74) is 0. The Kier molecular flexibility index (Phi) is 6.43. The summed E-state index contributed by atoms with van der Waals surface area (Å²) in [4.78, 5) is 8.42. The molecule has 0 radical (unpaired) electrons. The Morgan fingerprint density at radius 2 is 2.00 bits per heavy atom. The second-order valence-corrected chi connectivity index (χ2v) is 4.67. The predicted molar refractivity (Wildman–Crippen MR) is 74.9 cm³/mol. The first-order valence-corrected chi connectivity index (χ1v) is 6.48. The van der Waals surface area contributed by atoms with Gasteiger partial charge in [0.15, 0.2) is 0 Å². The zero-order valence-electron chi connectivity index (χ0n) is 11.7.